The quantitative estimate of drug-likeness (QED) is 0.264. The van der Waals surface area contributed by atoms with Gasteiger partial charge in [-0.1, -0.05) is 6.07 Å². The van der Waals surface area contributed by atoms with Gasteiger partial charge in [-0.25, -0.2) is 4.79 Å². The second-order valence-corrected chi connectivity index (χ2v) is 10.2. The van der Waals surface area contributed by atoms with Gasteiger partial charge in [0.25, 0.3) is 0 Å². The molecule has 43 heavy (non-hydrogen) atoms. The summed E-state index contributed by atoms with van der Waals surface area (Å²) in [6, 6.07) is 13.1. The summed E-state index contributed by atoms with van der Waals surface area (Å²) in [5.74, 6) is 1.88. The standard InChI is InChI=1S/C33H38N2O8/c1-21-26(14-22-15-29(39-5)33(30(16-22)40-6)43-20-32(37)42-13-11-35(2)3)25-10-9-23(38-4)17-28(25)27(21)18-31(36)34-19-24-8-7-12-41-24/h7-10,12,14-17H,11,13,18-20H2,1-6H3,(H,34,36). The summed E-state index contributed by atoms with van der Waals surface area (Å²) < 4.78 is 33.0. The molecule has 1 N–H and O–H groups in total. The number of amides is 1. The van der Waals surface area contributed by atoms with Gasteiger partial charge in [-0.05, 0) is 96.9 Å². The van der Waals surface area contributed by atoms with E-state index in [0.29, 0.717) is 41.8 Å². The minimum atomic E-state index is -0.489. The summed E-state index contributed by atoms with van der Waals surface area (Å²) in [5.41, 5.74) is 5.52. The van der Waals surface area contributed by atoms with Crippen LogP contribution in [0, 0.1) is 0 Å². The zero-order valence-electron chi connectivity index (χ0n) is 25.4. The van der Waals surface area contributed by atoms with E-state index in [1.165, 1.54) is 14.2 Å². The maximum atomic E-state index is 13.0. The normalized spacial score (nSPS) is 13.2. The number of esters is 1. The van der Waals surface area contributed by atoms with Gasteiger partial charge in [0.2, 0.25) is 11.7 Å². The molecule has 0 aliphatic heterocycles. The Kier molecular flexibility index (Phi) is 10.5. The Labute approximate surface area is 251 Å². The Bertz CT molecular complexity index is 1480. The predicted molar refractivity (Wildman–Crippen MR) is 163 cm³/mol. The zero-order chi connectivity index (χ0) is 30.9. The molecule has 10 heteroatoms. The average Bonchev–Trinajstić information content (AvgIpc) is 3.61. The molecule has 0 radical (unpaired) electrons. The van der Waals surface area contributed by atoms with Crippen LogP contribution in [0.4, 0.5) is 0 Å². The molecule has 1 amide bonds. The molecule has 1 aromatic heterocycles. The van der Waals surface area contributed by atoms with E-state index in [0.717, 1.165) is 33.4 Å². The maximum Gasteiger partial charge on any atom is 0.344 e. The van der Waals surface area contributed by atoms with Crippen LogP contribution in [0.3, 0.4) is 0 Å². The topological polar surface area (TPSA) is 109 Å². The van der Waals surface area contributed by atoms with Gasteiger partial charge in [0.1, 0.15) is 18.1 Å². The first-order valence-corrected chi connectivity index (χ1v) is 13.8. The maximum absolute atomic E-state index is 13.0. The molecule has 2 aromatic carbocycles. The van der Waals surface area contributed by atoms with E-state index >= 15 is 0 Å². The van der Waals surface area contributed by atoms with Crippen LogP contribution in [0.25, 0.3) is 17.2 Å². The number of ether oxygens (including phenoxy) is 5. The number of hydrogen-bond donors (Lipinski definition) is 1. The van der Waals surface area contributed by atoms with Gasteiger partial charge in [-0.2, -0.15) is 0 Å². The Balaban J connectivity index is 1.61. The number of nitrogens with one attached hydrogen (secondary N) is 1. The summed E-state index contributed by atoms with van der Waals surface area (Å²) >= 11 is 0. The Morgan fingerprint density at radius 1 is 0.977 bits per heavy atom. The fraction of sp³-hybridized carbons (Fsp3) is 0.333. The average molecular weight is 591 g/mol. The lowest BCUT2D eigenvalue weighted by atomic mass is 10.00. The van der Waals surface area contributed by atoms with E-state index in [-0.39, 0.29) is 25.5 Å². The van der Waals surface area contributed by atoms with Crippen molar-refractivity contribution in [1.29, 1.82) is 0 Å². The van der Waals surface area contributed by atoms with Crippen molar-refractivity contribution in [2.75, 3.05) is 55.2 Å². The van der Waals surface area contributed by atoms with E-state index < -0.39 is 5.97 Å². The molecule has 4 rings (SSSR count). The van der Waals surface area contributed by atoms with Crippen LogP contribution >= 0.6 is 0 Å². The highest BCUT2D eigenvalue weighted by Crippen LogP contribution is 2.46. The lowest BCUT2D eigenvalue weighted by molar-refractivity contribution is -0.146. The number of likely N-dealkylation sites (N-methyl/N-ethyl adjacent to an activating group) is 1. The van der Waals surface area contributed by atoms with E-state index in [1.807, 2.05) is 68.4 Å². The van der Waals surface area contributed by atoms with Crippen LogP contribution < -0.4 is 24.3 Å². The molecule has 3 aromatic rings. The first kappa shape index (κ1) is 31.2. The smallest absolute Gasteiger partial charge is 0.344 e. The van der Waals surface area contributed by atoms with Gasteiger partial charge in [-0.3, -0.25) is 4.79 Å². The number of hydrogen-bond acceptors (Lipinski definition) is 9. The molecule has 0 spiro atoms. The van der Waals surface area contributed by atoms with Gasteiger partial charge in [0.15, 0.2) is 18.1 Å². The van der Waals surface area contributed by atoms with Crippen LogP contribution in [0.15, 0.2) is 58.7 Å². The monoisotopic (exact) mass is 590 g/mol. The summed E-state index contributed by atoms with van der Waals surface area (Å²) in [7, 11) is 8.46. The Hall–Kier alpha value is -4.70. The molecule has 0 unspecified atom stereocenters. The van der Waals surface area contributed by atoms with Crippen LogP contribution in [0.5, 0.6) is 23.0 Å². The number of fused-ring (bicyclic) bond motifs is 1. The molecule has 1 heterocycles. The van der Waals surface area contributed by atoms with Crippen molar-refractivity contribution in [1.82, 2.24) is 10.2 Å². The molecular formula is C33H38N2O8. The summed E-state index contributed by atoms with van der Waals surface area (Å²) in [5, 5.41) is 2.93. The highest BCUT2D eigenvalue weighted by Gasteiger charge is 2.26. The lowest BCUT2D eigenvalue weighted by Gasteiger charge is -2.16. The number of allylic oxidation sites excluding steroid dienone is 2. The van der Waals surface area contributed by atoms with Crippen LogP contribution in [-0.2, 0) is 20.9 Å². The van der Waals surface area contributed by atoms with Crippen LogP contribution in [-0.4, -0.2) is 72.0 Å². The number of methoxy groups -OCH3 is 3. The molecule has 0 saturated heterocycles. The fourth-order valence-corrected chi connectivity index (χ4v) is 4.74. The molecular weight excluding hydrogens is 552 g/mol. The van der Waals surface area contributed by atoms with Crippen molar-refractivity contribution >= 4 is 29.1 Å². The third-order valence-electron chi connectivity index (χ3n) is 7.01. The van der Waals surface area contributed by atoms with Crippen molar-refractivity contribution in [3.63, 3.8) is 0 Å². The second-order valence-electron chi connectivity index (χ2n) is 10.2. The van der Waals surface area contributed by atoms with Crippen LogP contribution in [0.1, 0.15) is 35.8 Å². The van der Waals surface area contributed by atoms with Gasteiger partial charge in [-0.15, -0.1) is 0 Å². The Morgan fingerprint density at radius 2 is 1.72 bits per heavy atom. The Morgan fingerprint density at radius 3 is 2.35 bits per heavy atom. The van der Waals surface area contributed by atoms with Crippen molar-refractivity contribution in [2.45, 2.75) is 19.9 Å². The molecule has 0 saturated carbocycles. The van der Waals surface area contributed by atoms with Gasteiger partial charge in [0, 0.05) is 6.54 Å². The lowest BCUT2D eigenvalue weighted by Crippen LogP contribution is -2.22. The van der Waals surface area contributed by atoms with Gasteiger partial charge >= 0.3 is 5.97 Å². The molecule has 228 valence electrons. The molecule has 0 atom stereocenters. The summed E-state index contributed by atoms with van der Waals surface area (Å²) in [6.07, 6.45) is 3.78. The molecule has 1 aliphatic carbocycles. The minimum Gasteiger partial charge on any atom is -0.497 e. The summed E-state index contributed by atoms with van der Waals surface area (Å²) in [6.45, 7) is 2.91. The fourth-order valence-electron chi connectivity index (χ4n) is 4.74. The number of carbonyl (C=O) groups excluding carboxylic acids is 2. The molecule has 0 fully saturated rings. The number of carbonyl (C=O) groups is 2. The van der Waals surface area contributed by atoms with Crippen molar-refractivity contribution in [3.8, 4) is 23.0 Å². The van der Waals surface area contributed by atoms with E-state index in [2.05, 4.69) is 5.32 Å². The summed E-state index contributed by atoms with van der Waals surface area (Å²) in [4.78, 5) is 27.1. The zero-order valence-corrected chi connectivity index (χ0v) is 25.4. The number of benzene rings is 2. The van der Waals surface area contributed by atoms with Crippen LogP contribution in [0.2, 0.25) is 0 Å². The van der Waals surface area contributed by atoms with Gasteiger partial charge in [0.05, 0.1) is 40.6 Å². The molecule has 1 aliphatic rings. The highest BCUT2D eigenvalue weighted by atomic mass is 16.6. The third kappa shape index (κ3) is 7.78. The van der Waals surface area contributed by atoms with Crippen molar-refractivity contribution in [2.24, 2.45) is 0 Å². The number of rotatable bonds is 14. The molecule has 0 bridgehead atoms. The predicted octanol–water partition coefficient (Wildman–Crippen LogP) is 4.82. The first-order chi connectivity index (χ1) is 20.7. The largest absolute Gasteiger partial charge is 0.497 e. The second kappa shape index (κ2) is 14.5. The number of nitrogens with zero attached hydrogens (tertiary/aromatic N) is 1. The number of furan rings is 1. The van der Waals surface area contributed by atoms with Crippen molar-refractivity contribution in [3.05, 3.63) is 76.8 Å². The van der Waals surface area contributed by atoms with Gasteiger partial charge < -0.3 is 38.3 Å². The van der Waals surface area contributed by atoms with E-state index in [4.69, 9.17) is 28.1 Å². The van der Waals surface area contributed by atoms with Crippen molar-refractivity contribution < 1.29 is 37.7 Å². The van der Waals surface area contributed by atoms with E-state index in [1.54, 1.807) is 19.4 Å². The first-order valence-electron chi connectivity index (χ1n) is 13.8. The SMILES string of the molecule is COc1ccc2c(c1)C(CC(=O)NCc1ccco1)=C(C)C2=Cc1cc(OC)c(OCC(=O)OCCN(C)C)c(OC)c1. The minimum absolute atomic E-state index is 0.120. The highest BCUT2D eigenvalue weighted by molar-refractivity contribution is 6.08. The molecule has 10 nitrogen and oxygen atoms in total. The third-order valence-corrected chi connectivity index (χ3v) is 7.01. The van der Waals surface area contributed by atoms with E-state index in [9.17, 15) is 9.59 Å².